The van der Waals surface area contributed by atoms with Crippen LogP contribution in [-0.4, -0.2) is 6.18 Å². The van der Waals surface area contributed by atoms with Crippen molar-refractivity contribution < 1.29 is 31.7 Å². The molecule has 16 heavy (non-hydrogen) atoms. The monoisotopic (exact) mass is 405 g/mol. The number of hydrogen-bond acceptors (Lipinski definition) is 0. The first-order valence-electron chi connectivity index (χ1n) is 5.58. The first kappa shape index (κ1) is 14.3. The van der Waals surface area contributed by atoms with Gasteiger partial charge in [-0.1, -0.05) is 18.8 Å². The van der Waals surface area contributed by atoms with Crippen molar-refractivity contribution in [3.8, 4) is 4.79 Å². The Labute approximate surface area is 106 Å². The van der Waals surface area contributed by atoms with Crippen LogP contribution in [0.15, 0.2) is 0 Å². The fourth-order valence-corrected chi connectivity index (χ4v) is 3.14. The van der Waals surface area contributed by atoms with Crippen LogP contribution in [0.4, 0.5) is 13.2 Å². The van der Waals surface area contributed by atoms with Crippen LogP contribution in [0.1, 0.15) is 39.0 Å². The molecule has 0 radical (unpaired) electrons. The van der Waals surface area contributed by atoms with E-state index in [0.29, 0.717) is 11.8 Å². The summed E-state index contributed by atoms with van der Waals surface area (Å²) in [6.07, 6.45) is 0.868. The standard InChI is InChI=1S/C11H16F3.CH.Re/c1-7(11(12,13)14)4-10-6-8-2-3-9(10)5-8;;/h8-10H,2-6H2,1H3;1H;/q-1;;. The molecule has 3 atom stereocenters. The van der Waals surface area contributed by atoms with Crippen molar-refractivity contribution in [1.29, 1.82) is 0 Å². The van der Waals surface area contributed by atoms with Crippen LogP contribution >= 0.6 is 0 Å². The summed E-state index contributed by atoms with van der Waals surface area (Å²) in [5.74, 6) is 1.38. The van der Waals surface area contributed by atoms with E-state index < -0.39 is 6.18 Å². The Bertz CT molecular complexity index is 246. The van der Waals surface area contributed by atoms with Gasteiger partial charge in [0.25, 0.3) is 6.18 Å². The molecule has 0 aromatic carbocycles. The molecule has 0 aromatic heterocycles. The predicted octanol–water partition coefficient (Wildman–Crippen LogP) is 4.09. The second-order valence-electron chi connectivity index (χ2n) is 4.92. The summed E-state index contributed by atoms with van der Waals surface area (Å²) in [6, 6.07) is 0. The molecule has 2 bridgehead atoms. The van der Waals surface area contributed by atoms with Gasteiger partial charge >= 0.3 is 23.3 Å². The first-order valence-corrected chi connectivity index (χ1v) is 7.15. The number of hydrogen-bond donors (Lipinski definition) is 0. The molecule has 0 saturated heterocycles. The van der Waals surface area contributed by atoms with Crippen LogP contribution in [0.2, 0.25) is 0 Å². The van der Waals surface area contributed by atoms with Gasteiger partial charge in [0.1, 0.15) is 0 Å². The molecule has 2 fully saturated rings. The molecule has 2 aliphatic carbocycles. The summed E-state index contributed by atoms with van der Waals surface area (Å²) in [6.45, 7) is 1.24. The van der Waals surface area contributed by atoms with E-state index in [4.69, 9.17) is 0 Å². The van der Waals surface area contributed by atoms with Crippen LogP contribution in [0.25, 0.3) is 0 Å². The Morgan fingerprint density at radius 3 is 2.25 bits per heavy atom. The molecule has 2 saturated carbocycles. The van der Waals surface area contributed by atoms with Crippen molar-refractivity contribution in [2.45, 2.75) is 45.2 Å². The van der Waals surface area contributed by atoms with Crippen LogP contribution in [0, 0.1) is 28.5 Å². The fourth-order valence-electron chi connectivity index (χ4n) is 3.14. The molecule has 0 aromatic rings. The molecule has 0 N–H and O–H groups in total. The Morgan fingerprint density at radius 2 is 1.88 bits per heavy atom. The minimum absolute atomic E-state index is 0.282. The van der Waals surface area contributed by atoms with E-state index in [1.165, 1.54) is 44.7 Å². The summed E-state index contributed by atoms with van der Waals surface area (Å²) in [7, 11) is 0. The van der Waals surface area contributed by atoms with E-state index in [2.05, 4.69) is 4.79 Å². The van der Waals surface area contributed by atoms with E-state index in [1.807, 2.05) is 0 Å². The number of fused-ring (bicyclic) bond motifs is 2. The van der Waals surface area contributed by atoms with Gasteiger partial charge in [-0.2, -0.15) is 13.3 Å². The van der Waals surface area contributed by atoms with Gasteiger partial charge in [0, 0.05) is 0 Å². The number of alkyl halides is 3. The molecule has 0 heterocycles. The third-order valence-electron chi connectivity index (χ3n) is 3.94. The van der Waals surface area contributed by atoms with Gasteiger partial charge in [0.15, 0.2) is 0 Å². The normalized spacial score (nSPS) is 32.6. The fraction of sp³-hybridized carbons (Fsp3) is 0.833. The van der Waals surface area contributed by atoms with Crippen molar-refractivity contribution in [3.63, 3.8) is 0 Å². The molecular weight excluding hydrogens is 387 g/mol. The van der Waals surface area contributed by atoms with Crippen molar-refractivity contribution in [3.05, 3.63) is 5.92 Å². The van der Waals surface area contributed by atoms with Crippen molar-refractivity contribution in [2.24, 2.45) is 17.8 Å². The average Bonchev–Trinajstić information content (AvgIpc) is 2.81. The summed E-state index contributed by atoms with van der Waals surface area (Å²) in [5.41, 5.74) is 0. The summed E-state index contributed by atoms with van der Waals surface area (Å²) >= 11 is 1.22. The Hall–Kier alpha value is 0.232. The van der Waals surface area contributed by atoms with E-state index in [9.17, 15) is 13.2 Å². The molecule has 3 unspecified atom stereocenters. The van der Waals surface area contributed by atoms with Crippen LogP contribution in [-0.2, 0) is 18.5 Å². The zero-order valence-electron chi connectivity index (χ0n) is 9.36. The molecule has 2 rings (SSSR count). The second-order valence-corrected chi connectivity index (χ2v) is 4.92. The van der Waals surface area contributed by atoms with E-state index in [-0.39, 0.29) is 12.3 Å². The molecule has 2 aliphatic rings. The van der Waals surface area contributed by atoms with Crippen molar-refractivity contribution in [2.75, 3.05) is 0 Å². The summed E-state index contributed by atoms with van der Waals surface area (Å²) in [5, 5.41) is 0. The topological polar surface area (TPSA) is 0 Å². The van der Waals surface area contributed by atoms with Gasteiger partial charge in [-0.3, -0.25) is 0 Å². The molecule has 94 valence electrons. The Balaban J connectivity index is 0.000000606. The van der Waals surface area contributed by atoms with Gasteiger partial charge in [-0.15, -0.1) is 0 Å². The van der Waals surface area contributed by atoms with Crippen LogP contribution < -0.4 is 0 Å². The second kappa shape index (κ2) is 5.72. The van der Waals surface area contributed by atoms with Crippen molar-refractivity contribution in [1.82, 2.24) is 0 Å². The predicted molar refractivity (Wildman–Crippen MR) is 53.5 cm³/mol. The summed E-state index contributed by atoms with van der Waals surface area (Å²) < 4.78 is 36.9. The van der Waals surface area contributed by atoms with E-state index in [1.54, 1.807) is 0 Å². The zero-order valence-corrected chi connectivity index (χ0v) is 12.1. The van der Waals surface area contributed by atoms with Gasteiger partial charge in [-0.25, -0.2) is 19.1 Å². The van der Waals surface area contributed by atoms with E-state index >= 15 is 0 Å². The average molecular weight is 404 g/mol. The maximum atomic E-state index is 12.3. The molecular formula is C12H17F3Re-. The zero-order chi connectivity index (χ0) is 12.3. The van der Waals surface area contributed by atoms with Gasteiger partial charge in [0.05, 0.1) is 0 Å². The van der Waals surface area contributed by atoms with Crippen LogP contribution in [0.3, 0.4) is 0 Å². The van der Waals surface area contributed by atoms with Crippen LogP contribution in [0.5, 0.6) is 0 Å². The Morgan fingerprint density at radius 1 is 1.25 bits per heavy atom. The van der Waals surface area contributed by atoms with Gasteiger partial charge in [-0.05, 0) is 24.7 Å². The molecule has 0 spiro atoms. The SMILES string of the molecule is C[C-](CC1CC2CCC1C2)C(F)(F)F.[CH]#[Re]. The Kier molecular flexibility index (Phi) is 5.11. The van der Waals surface area contributed by atoms with E-state index in [0.717, 1.165) is 12.3 Å². The third-order valence-corrected chi connectivity index (χ3v) is 3.94. The third kappa shape index (κ3) is 3.36. The molecule has 0 aliphatic heterocycles. The molecule has 4 heteroatoms. The number of halogens is 3. The minimum atomic E-state index is -4.07. The summed E-state index contributed by atoms with van der Waals surface area (Å²) in [4.78, 5) is 4.56. The van der Waals surface area contributed by atoms with Gasteiger partial charge < -0.3 is 0 Å². The van der Waals surface area contributed by atoms with Crippen molar-refractivity contribution >= 4 is 0 Å². The maximum absolute atomic E-state index is 12.3. The molecule has 0 amide bonds. The number of rotatable bonds is 2. The van der Waals surface area contributed by atoms with Gasteiger partial charge in [0.2, 0.25) is 0 Å². The first-order chi connectivity index (χ1) is 7.47. The quantitative estimate of drug-likeness (QED) is 0.608. The molecule has 0 nitrogen and oxygen atoms in total.